The standard InChI is InChI=1S/C23H19IO6/c1-27-21-12-9-17(15-20(21)24)23(26)30-19-10-7-16(8-11-19)22(25)29-14-13-28-18-5-3-2-4-6-18/h2-12,15H,13-14H2,1H3. The first kappa shape index (κ1) is 21.6. The van der Waals surface area contributed by atoms with Crippen molar-refractivity contribution in [1.82, 2.24) is 0 Å². The minimum atomic E-state index is -0.496. The number of methoxy groups -OCH3 is 1. The molecule has 0 heterocycles. The predicted molar refractivity (Wildman–Crippen MR) is 119 cm³/mol. The molecular weight excluding hydrogens is 499 g/mol. The van der Waals surface area contributed by atoms with Gasteiger partial charge in [0.05, 0.1) is 21.8 Å². The molecule has 154 valence electrons. The maximum atomic E-state index is 12.3. The zero-order valence-corrected chi connectivity index (χ0v) is 18.3. The average Bonchev–Trinajstić information content (AvgIpc) is 2.77. The molecule has 7 heteroatoms. The predicted octanol–water partition coefficient (Wildman–Crippen LogP) is 4.75. The van der Waals surface area contributed by atoms with Gasteiger partial charge in [-0.25, -0.2) is 9.59 Å². The number of carbonyl (C=O) groups excluding carboxylic acids is 2. The van der Waals surface area contributed by atoms with Crippen molar-refractivity contribution in [3.05, 3.63) is 87.5 Å². The Morgan fingerprint density at radius 3 is 2.17 bits per heavy atom. The van der Waals surface area contributed by atoms with Crippen molar-refractivity contribution in [1.29, 1.82) is 0 Å². The third kappa shape index (κ3) is 5.96. The van der Waals surface area contributed by atoms with Gasteiger partial charge in [-0.05, 0) is 77.2 Å². The van der Waals surface area contributed by atoms with Crippen molar-refractivity contribution in [2.45, 2.75) is 0 Å². The molecule has 0 aromatic heterocycles. The first-order valence-electron chi connectivity index (χ1n) is 9.07. The lowest BCUT2D eigenvalue weighted by atomic mass is 10.2. The van der Waals surface area contributed by atoms with Crippen LogP contribution >= 0.6 is 22.6 Å². The zero-order chi connectivity index (χ0) is 21.3. The summed E-state index contributed by atoms with van der Waals surface area (Å²) in [5.41, 5.74) is 0.760. The van der Waals surface area contributed by atoms with E-state index in [1.54, 1.807) is 49.6 Å². The van der Waals surface area contributed by atoms with Crippen LogP contribution in [0.25, 0.3) is 0 Å². The van der Waals surface area contributed by atoms with Gasteiger partial charge in [0.1, 0.15) is 30.5 Å². The van der Waals surface area contributed by atoms with Gasteiger partial charge in [0, 0.05) is 0 Å². The number of para-hydroxylation sites is 1. The largest absolute Gasteiger partial charge is 0.496 e. The Morgan fingerprint density at radius 2 is 1.50 bits per heavy atom. The third-order valence-corrected chi connectivity index (χ3v) is 4.86. The lowest BCUT2D eigenvalue weighted by Gasteiger charge is -2.09. The summed E-state index contributed by atoms with van der Waals surface area (Å²) in [6.07, 6.45) is 0. The molecule has 0 saturated heterocycles. The molecule has 0 spiro atoms. The van der Waals surface area contributed by atoms with Crippen molar-refractivity contribution >= 4 is 34.5 Å². The number of ether oxygens (including phenoxy) is 4. The van der Waals surface area contributed by atoms with Crippen molar-refractivity contribution in [3.8, 4) is 17.2 Å². The van der Waals surface area contributed by atoms with Gasteiger partial charge in [-0.2, -0.15) is 0 Å². The van der Waals surface area contributed by atoms with Gasteiger partial charge in [-0.3, -0.25) is 0 Å². The summed E-state index contributed by atoms with van der Waals surface area (Å²) >= 11 is 2.09. The number of halogens is 1. The monoisotopic (exact) mass is 518 g/mol. The summed E-state index contributed by atoms with van der Waals surface area (Å²) in [6, 6.07) is 20.5. The second-order valence-corrected chi connectivity index (χ2v) is 7.22. The molecule has 0 bridgehead atoms. The smallest absolute Gasteiger partial charge is 0.343 e. The van der Waals surface area contributed by atoms with Crippen molar-refractivity contribution in [2.75, 3.05) is 20.3 Å². The highest BCUT2D eigenvalue weighted by atomic mass is 127. The minimum Gasteiger partial charge on any atom is -0.496 e. The Balaban J connectivity index is 1.49. The highest BCUT2D eigenvalue weighted by Crippen LogP contribution is 2.23. The topological polar surface area (TPSA) is 71.1 Å². The summed E-state index contributed by atoms with van der Waals surface area (Å²) in [5.74, 6) is 0.753. The normalized spacial score (nSPS) is 10.2. The molecule has 0 atom stereocenters. The van der Waals surface area contributed by atoms with Crippen LogP contribution in [0.3, 0.4) is 0 Å². The number of carbonyl (C=O) groups is 2. The van der Waals surface area contributed by atoms with Gasteiger partial charge in [0.2, 0.25) is 0 Å². The summed E-state index contributed by atoms with van der Waals surface area (Å²) in [6.45, 7) is 0.382. The molecule has 0 aliphatic carbocycles. The lowest BCUT2D eigenvalue weighted by molar-refractivity contribution is 0.0450. The average molecular weight is 518 g/mol. The van der Waals surface area contributed by atoms with Gasteiger partial charge >= 0.3 is 11.9 Å². The van der Waals surface area contributed by atoms with Crippen LogP contribution in [0, 0.1) is 3.57 Å². The lowest BCUT2D eigenvalue weighted by Crippen LogP contribution is -2.12. The summed E-state index contributed by atoms with van der Waals surface area (Å²) < 4.78 is 22.0. The molecule has 3 aromatic carbocycles. The van der Waals surface area contributed by atoms with Crippen LogP contribution < -0.4 is 14.2 Å². The van der Waals surface area contributed by atoms with E-state index in [-0.39, 0.29) is 13.2 Å². The van der Waals surface area contributed by atoms with Gasteiger partial charge < -0.3 is 18.9 Å². The molecule has 0 radical (unpaired) electrons. The van der Waals surface area contributed by atoms with Crippen molar-refractivity contribution in [2.24, 2.45) is 0 Å². The molecule has 0 N–H and O–H groups in total. The van der Waals surface area contributed by atoms with Crippen LogP contribution in [0.15, 0.2) is 72.8 Å². The Bertz CT molecular complexity index is 1000. The fourth-order valence-electron chi connectivity index (χ4n) is 2.51. The van der Waals surface area contributed by atoms with Crippen LogP contribution in [-0.2, 0) is 4.74 Å². The van der Waals surface area contributed by atoms with Crippen LogP contribution in [0.4, 0.5) is 0 Å². The summed E-state index contributed by atoms with van der Waals surface area (Å²) in [5, 5.41) is 0. The maximum absolute atomic E-state index is 12.3. The van der Waals surface area contributed by atoms with Crippen LogP contribution in [0.1, 0.15) is 20.7 Å². The summed E-state index contributed by atoms with van der Waals surface area (Å²) in [4.78, 5) is 24.4. The first-order valence-corrected chi connectivity index (χ1v) is 10.2. The van der Waals surface area contributed by atoms with Gasteiger partial charge in [0.15, 0.2) is 0 Å². The van der Waals surface area contributed by atoms with E-state index >= 15 is 0 Å². The molecule has 0 fully saturated rings. The van der Waals surface area contributed by atoms with E-state index in [0.717, 1.165) is 3.57 Å². The second-order valence-electron chi connectivity index (χ2n) is 6.06. The Labute approximate surface area is 187 Å². The van der Waals surface area contributed by atoms with E-state index in [1.807, 2.05) is 30.3 Å². The van der Waals surface area contributed by atoms with Crippen molar-refractivity contribution in [3.63, 3.8) is 0 Å². The fourth-order valence-corrected chi connectivity index (χ4v) is 3.25. The molecule has 0 aliphatic rings. The van der Waals surface area contributed by atoms with E-state index in [4.69, 9.17) is 18.9 Å². The number of hydrogen-bond donors (Lipinski definition) is 0. The number of rotatable bonds is 8. The second kappa shape index (κ2) is 10.6. The van der Waals surface area contributed by atoms with E-state index in [0.29, 0.717) is 28.4 Å². The van der Waals surface area contributed by atoms with Crippen LogP contribution in [0.2, 0.25) is 0 Å². The molecule has 30 heavy (non-hydrogen) atoms. The maximum Gasteiger partial charge on any atom is 0.343 e. The Morgan fingerprint density at radius 1 is 0.800 bits per heavy atom. The Hall–Kier alpha value is -3.07. The number of esters is 2. The third-order valence-electron chi connectivity index (χ3n) is 4.02. The Kier molecular flexibility index (Phi) is 7.67. The van der Waals surface area contributed by atoms with Gasteiger partial charge in [-0.15, -0.1) is 0 Å². The van der Waals surface area contributed by atoms with Gasteiger partial charge in [0.25, 0.3) is 0 Å². The van der Waals surface area contributed by atoms with E-state index < -0.39 is 11.9 Å². The molecule has 6 nitrogen and oxygen atoms in total. The molecule has 0 saturated carbocycles. The number of benzene rings is 3. The minimum absolute atomic E-state index is 0.126. The fraction of sp³-hybridized carbons (Fsp3) is 0.130. The molecule has 0 unspecified atom stereocenters. The SMILES string of the molecule is COc1ccc(C(=O)Oc2ccc(C(=O)OCCOc3ccccc3)cc2)cc1I. The van der Waals surface area contributed by atoms with Crippen molar-refractivity contribution < 1.29 is 28.5 Å². The zero-order valence-electron chi connectivity index (χ0n) is 16.2. The highest BCUT2D eigenvalue weighted by molar-refractivity contribution is 14.1. The first-order chi connectivity index (χ1) is 14.6. The highest BCUT2D eigenvalue weighted by Gasteiger charge is 2.13. The molecule has 0 amide bonds. The van der Waals surface area contributed by atoms with Crippen LogP contribution in [0.5, 0.6) is 17.2 Å². The van der Waals surface area contributed by atoms with Gasteiger partial charge in [-0.1, -0.05) is 18.2 Å². The van der Waals surface area contributed by atoms with E-state index in [9.17, 15) is 9.59 Å². The molecule has 3 rings (SSSR count). The summed E-state index contributed by atoms with van der Waals surface area (Å²) in [7, 11) is 1.57. The molecule has 0 aliphatic heterocycles. The molecule has 3 aromatic rings. The molecular formula is C23H19IO6. The number of hydrogen-bond acceptors (Lipinski definition) is 6. The quantitative estimate of drug-likeness (QED) is 0.186. The van der Waals surface area contributed by atoms with E-state index in [1.165, 1.54) is 0 Å². The van der Waals surface area contributed by atoms with Crippen LogP contribution in [-0.4, -0.2) is 32.3 Å². The van der Waals surface area contributed by atoms with E-state index in [2.05, 4.69) is 22.6 Å².